The minimum Gasteiger partial charge on any atom is -0.756 e. The summed E-state index contributed by atoms with van der Waals surface area (Å²) in [7, 11) is 1.30. The molecule has 0 fully saturated rings. The molecule has 0 aliphatic carbocycles. The molecule has 2 N–H and O–H groups in total. The van der Waals surface area contributed by atoms with Crippen LogP contribution < -0.4 is 10.2 Å². The number of nitrogens with one attached hydrogen (secondary N) is 1. The highest BCUT2D eigenvalue weighted by Gasteiger charge is 2.24. The first-order chi connectivity index (χ1) is 33.5. The zero-order chi connectivity index (χ0) is 50.6. The van der Waals surface area contributed by atoms with Gasteiger partial charge in [0, 0.05) is 6.42 Å². The molecule has 0 saturated heterocycles. The summed E-state index contributed by atoms with van der Waals surface area (Å²) >= 11 is 0. The van der Waals surface area contributed by atoms with Crippen LogP contribution in [0.25, 0.3) is 0 Å². The van der Waals surface area contributed by atoms with Crippen molar-refractivity contribution in [1.82, 2.24) is 5.32 Å². The molecule has 69 heavy (non-hydrogen) atoms. The summed E-state index contributed by atoms with van der Waals surface area (Å²) in [6.07, 6.45) is 65.2. The van der Waals surface area contributed by atoms with Gasteiger partial charge >= 0.3 is 0 Å². The molecule has 0 aromatic heterocycles. The minimum atomic E-state index is -4.58. The molecule has 1 amide bonds. The lowest BCUT2D eigenvalue weighted by Crippen LogP contribution is -2.46. The molecular formula is C60H119N2O6P. The van der Waals surface area contributed by atoms with Gasteiger partial charge in [0.2, 0.25) is 5.91 Å². The third kappa shape index (κ3) is 54.6. The molecule has 0 aliphatic heterocycles. The summed E-state index contributed by atoms with van der Waals surface area (Å²) in [4.78, 5) is 25.5. The average molecular weight is 996 g/mol. The summed E-state index contributed by atoms with van der Waals surface area (Å²) in [5, 5.41) is 14.0. The maximum atomic E-state index is 12.9. The number of allylic oxidation sites excluding steroid dienone is 4. The second-order valence-electron chi connectivity index (χ2n) is 22.1. The molecular weight excluding hydrogens is 876 g/mol. The highest BCUT2D eigenvalue weighted by atomic mass is 31.2. The van der Waals surface area contributed by atoms with Crippen molar-refractivity contribution >= 4 is 13.7 Å². The molecule has 0 radical (unpaired) electrons. The number of rotatable bonds is 56. The summed E-state index contributed by atoms with van der Waals surface area (Å²) < 4.78 is 23.4. The lowest BCUT2D eigenvalue weighted by atomic mass is 10.0. The van der Waals surface area contributed by atoms with Crippen LogP contribution in [0.15, 0.2) is 24.3 Å². The van der Waals surface area contributed by atoms with Crippen molar-refractivity contribution in [3.05, 3.63) is 24.3 Å². The third-order valence-electron chi connectivity index (χ3n) is 13.9. The van der Waals surface area contributed by atoms with Crippen LogP contribution in [-0.4, -0.2) is 68.5 Å². The van der Waals surface area contributed by atoms with Crippen molar-refractivity contribution in [2.75, 3.05) is 40.9 Å². The molecule has 0 aromatic carbocycles. The molecule has 0 aliphatic rings. The van der Waals surface area contributed by atoms with Gasteiger partial charge in [-0.05, 0) is 44.9 Å². The van der Waals surface area contributed by atoms with Crippen LogP contribution in [0.2, 0.25) is 0 Å². The largest absolute Gasteiger partial charge is 0.756 e. The maximum Gasteiger partial charge on any atom is 0.268 e. The van der Waals surface area contributed by atoms with Crippen LogP contribution in [0.3, 0.4) is 0 Å². The Kier molecular flexibility index (Phi) is 51.1. The van der Waals surface area contributed by atoms with Gasteiger partial charge in [-0.3, -0.25) is 9.36 Å². The number of phosphoric acid groups is 1. The molecule has 3 unspecified atom stereocenters. The molecule has 0 aromatic rings. The summed E-state index contributed by atoms with van der Waals surface area (Å²) in [6.45, 7) is 4.72. The molecule has 0 spiro atoms. The zero-order valence-corrected chi connectivity index (χ0v) is 47.7. The van der Waals surface area contributed by atoms with Gasteiger partial charge in [0.25, 0.3) is 7.82 Å². The Morgan fingerprint density at radius 2 is 0.841 bits per heavy atom. The van der Waals surface area contributed by atoms with E-state index in [1.165, 1.54) is 212 Å². The smallest absolute Gasteiger partial charge is 0.268 e. The van der Waals surface area contributed by atoms with Crippen molar-refractivity contribution in [1.29, 1.82) is 0 Å². The number of hydrogen-bond donors (Lipinski definition) is 2. The fraction of sp³-hybridized carbons (Fsp3) is 0.917. The molecule has 0 saturated carbocycles. The fourth-order valence-corrected chi connectivity index (χ4v) is 9.91. The number of phosphoric ester groups is 1. The fourth-order valence-electron chi connectivity index (χ4n) is 9.19. The van der Waals surface area contributed by atoms with Crippen LogP contribution in [0.4, 0.5) is 0 Å². The highest BCUT2D eigenvalue weighted by Crippen LogP contribution is 2.38. The van der Waals surface area contributed by atoms with E-state index in [0.717, 1.165) is 64.2 Å². The summed E-state index contributed by atoms with van der Waals surface area (Å²) in [5.41, 5.74) is 0. The van der Waals surface area contributed by atoms with Crippen LogP contribution in [0.1, 0.15) is 303 Å². The highest BCUT2D eigenvalue weighted by molar-refractivity contribution is 7.45. The van der Waals surface area contributed by atoms with E-state index in [-0.39, 0.29) is 19.1 Å². The molecule has 9 heteroatoms. The van der Waals surface area contributed by atoms with Crippen molar-refractivity contribution in [3.63, 3.8) is 0 Å². The number of likely N-dealkylation sites (N-methyl/N-ethyl adjacent to an activating group) is 1. The van der Waals surface area contributed by atoms with E-state index < -0.39 is 20.0 Å². The Morgan fingerprint density at radius 1 is 0.507 bits per heavy atom. The number of quaternary nitrogens is 1. The minimum absolute atomic E-state index is 0.0103. The Hall–Kier alpha value is -1.02. The number of aliphatic hydroxyl groups excluding tert-OH is 1. The first-order valence-electron chi connectivity index (χ1n) is 30.2. The van der Waals surface area contributed by atoms with E-state index in [2.05, 4.69) is 43.5 Å². The normalized spacial score (nSPS) is 14.0. The molecule has 0 heterocycles. The van der Waals surface area contributed by atoms with Gasteiger partial charge in [0.15, 0.2) is 0 Å². The quantitative estimate of drug-likeness (QED) is 0.0272. The Bertz CT molecular complexity index is 1170. The third-order valence-corrected chi connectivity index (χ3v) is 14.9. The van der Waals surface area contributed by atoms with E-state index in [9.17, 15) is 19.4 Å². The Balaban J connectivity index is 4.01. The van der Waals surface area contributed by atoms with Crippen LogP contribution in [0, 0.1) is 0 Å². The average Bonchev–Trinajstić information content (AvgIpc) is 3.31. The topological polar surface area (TPSA) is 108 Å². The molecule has 8 nitrogen and oxygen atoms in total. The van der Waals surface area contributed by atoms with Crippen LogP contribution in [-0.2, 0) is 18.4 Å². The summed E-state index contributed by atoms with van der Waals surface area (Å²) in [5.74, 6) is -0.175. The van der Waals surface area contributed by atoms with Crippen molar-refractivity contribution in [3.8, 4) is 0 Å². The predicted octanol–water partition coefficient (Wildman–Crippen LogP) is 17.7. The lowest BCUT2D eigenvalue weighted by molar-refractivity contribution is -0.870. The molecule has 410 valence electrons. The van der Waals surface area contributed by atoms with E-state index in [4.69, 9.17) is 9.05 Å². The maximum absolute atomic E-state index is 12.9. The van der Waals surface area contributed by atoms with Crippen molar-refractivity contribution in [2.45, 2.75) is 315 Å². The van der Waals surface area contributed by atoms with Gasteiger partial charge in [-0.15, -0.1) is 0 Å². The van der Waals surface area contributed by atoms with Gasteiger partial charge in [-0.2, -0.15) is 0 Å². The summed E-state index contributed by atoms with van der Waals surface area (Å²) in [6, 6.07) is -0.807. The number of nitrogens with zero attached hydrogens (tertiary/aromatic N) is 1. The molecule has 3 atom stereocenters. The number of carbonyl (C=O) groups excluding carboxylic acids is 1. The molecule has 0 bridgehead atoms. The predicted molar refractivity (Wildman–Crippen MR) is 298 cm³/mol. The number of unbranched alkanes of at least 4 members (excludes halogenated alkanes) is 39. The Morgan fingerprint density at radius 3 is 1.23 bits per heavy atom. The van der Waals surface area contributed by atoms with E-state index in [0.29, 0.717) is 23.9 Å². The van der Waals surface area contributed by atoms with Crippen LogP contribution in [0.5, 0.6) is 0 Å². The number of hydrogen-bond acceptors (Lipinski definition) is 6. The second-order valence-corrected chi connectivity index (χ2v) is 23.5. The number of carbonyl (C=O) groups is 1. The number of amides is 1. The van der Waals surface area contributed by atoms with Gasteiger partial charge in [-0.25, -0.2) is 0 Å². The van der Waals surface area contributed by atoms with Crippen molar-refractivity contribution < 1.29 is 32.9 Å². The van der Waals surface area contributed by atoms with Crippen LogP contribution >= 0.6 is 7.82 Å². The van der Waals surface area contributed by atoms with E-state index in [1.54, 1.807) is 0 Å². The standard InChI is InChI=1S/C60H119N2O6P/c1-6-8-10-12-14-16-18-20-22-23-24-25-26-27-28-29-30-31-32-33-34-35-36-37-38-40-41-43-45-47-49-51-53-59(63)58(57-68-69(65,66)67-56-55-62(3,4)5)61-60(64)54-52-50-48-46-44-42-39-21-19-17-15-13-11-9-7-2/h15,17,21,39,58-59,63H,6-14,16,18-20,22-38,40-57H2,1-5H3,(H-,61,64,65,66)/b17-15-,39-21-. The first-order valence-corrected chi connectivity index (χ1v) is 31.6. The first kappa shape index (κ1) is 68.0. The SMILES string of the molecule is CCCCC/C=C\C/C=C\CCCCCCCC(=O)NC(COP(=O)([O-])OCC[N+](C)(C)C)C(O)CCCCCCCCCCCCCCCCCCCCCCCCCCCCCCCCCC. The number of aliphatic hydroxyl groups is 1. The van der Waals surface area contributed by atoms with E-state index >= 15 is 0 Å². The monoisotopic (exact) mass is 995 g/mol. The molecule has 0 rings (SSSR count). The van der Waals surface area contributed by atoms with Gasteiger partial charge in [0.05, 0.1) is 39.9 Å². The van der Waals surface area contributed by atoms with Gasteiger partial charge in [-0.1, -0.05) is 276 Å². The lowest BCUT2D eigenvalue weighted by Gasteiger charge is -2.30. The zero-order valence-electron chi connectivity index (χ0n) is 46.8. The second kappa shape index (κ2) is 51.9. The van der Waals surface area contributed by atoms with Gasteiger partial charge < -0.3 is 28.8 Å². The van der Waals surface area contributed by atoms with Gasteiger partial charge in [0.1, 0.15) is 13.2 Å². The van der Waals surface area contributed by atoms with E-state index in [1.807, 2.05) is 21.1 Å². The Labute approximate surface area is 430 Å². The van der Waals surface area contributed by atoms with Crippen molar-refractivity contribution in [2.24, 2.45) is 0 Å².